The standard InChI is InChI=1S/C16H17N5/c17-10-12-4-3-7-14(8-12)21-16-9-15(18-11-19-16)20-13-5-1-2-6-13/h3-4,7-9,11,13H,1-2,5-6H2,(H2,18,19,20,21). The van der Waals surface area contributed by atoms with Gasteiger partial charge in [-0.05, 0) is 31.0 Å². The number of hydrogen-bond donors (Lipinski definition) is 2. The van der Waals surface area contributed by atoms with E-state index in [9.17, 15) is 0 Å². The molecule has 0 spiro atoms. The molecule has 0 unspecified atom stereocenters. The van der Waals surface area contributed by atoms with Gasteiger partial charge in [0.1, 0.15) is 18.0 Å². The van der Waals surface area contributed by atoms with Gasteiger partial charge in [-0.2, -0.15) is 5.26 Å². The Morgan fingerprint density at radius 1 is 1.10 bits per heavy atom. The van der Waals surface area contributed by atoms with Crippen LogP contribution in [-0.4, -0.2) is 16.0 Å². The summed E-state index contributed by atoms with van der Waals surface area (Å²) >= 11 is 0. The summed E-state index contributed by atoms with van der Waals surface area (Å²) in [5.41, 5.74) is 1.47. The third-order valence-electron chi connectivity index (χ3n) is 3.64. The van der Waals surface area contributed by atoms with Gasteiger partial charge in [0.05, 0.1) is 11.6 Å². The Kier molecular flexibility index (Phi) is 3.97. The SMILES string of the molecule is N#Cc1cccc(Nc2cc(NC3CCCC3)ncn2)c1. The number of hydrogen-bond acceptors (Lipinski definition) is 5. The summed E-state index contributed by atoms with van der Waals surface area (Å²) in [5.74, 6) is 1.57. The maximum absolute atomic E-state index is 8.92. The van der Waals surface area contributed by atoms with Crippen LogP contribution in [0, 0.1) is 11.3 Å². The van der Waals surface area contributed by atoms with Crippen LogP contribution in [0.3, 0.4) is 0 Å². The molecule has 1 saturated carbocycles. The van der Waals surface area contributed by atoms with E-state index in [0.29, 0.717) is 11.6 Å². The smallest absolute Gasteiger partial charge is 0.135 e. The Bertz CT molecular complexity index is 656. The Balaban J connectivity index is 1.71. The highest BCUT2D eigenvalue weighted by atomic mass is 15.1. The van der Waals surface area contributed by atoms with E-state index in [1.165, 1.54) is 25.7 Å². The lowest BCUT2D eigenvalue weighted by Crippen LogP contribution is -2.15. The first kappa shape index (κ1) is 13.4. The van der Waals surface area contributed by atoms with Crippen molar-refractivity contribution in [1.82, 2.24) is 9.97 Å². The van der Waals surface area contributed by atoms with Crippen LogP contribution in [0.2, 0.25) is 0 Å². The zero-order valence-corrected chi connectivity index (χ0v) is 11.7. The zero-order chi connectivity index (χ0) is 14.5. The highest BCUT2D eigenvalue weighted by molar-refractivity contribution is 5.60. The van der Waals surface area contributed by atoms with Crippen LogP contribution < -0.4 is 10.6 Å². The summed E-state index contributed by atoms with van der Waals surface area (Å²) in [6.07, 6.45) is 6.53. The van der Waals surface area contributed by atoms with Crippen LogP contribution in [0.25, 0.3) is 0 Å². The first-order valence-corrected chi connectivity index (χ1v) is 7.19. The fourth-order valence-corrected chi connectivity index (χ4v) is 2.60. The molecule has 3 rings (SSSR count). The van der Waals surface area contributed by atoms with Crippen molar-refractivity contribution in [3.8, 4) is 6.07 Å². The summed E-state index contributed by atoms with van der Waals surface area (Å²) in [6.45, 7) is 0. The third kappa shape index (κ3) is 3.48. The molecule has 0 amide bonds. The molecule has 5 heteroatoms. The normalized spacial score (nSPS) is 14.6. The number of nitrogens with one attached hydrogen (secondary N) is 2. The first-order valence-electron chi connectivity index (χ1n) is 7.19. The molecule has 0 aliphatic heterocycles. The van der Waals surface area contributed by atoms with E-state index < -0.39 is 0 Å². The molecule has 1 aromatic carbocycles. The fourth-order valence-electron chi connectivity index (χ4n) is 2.60. The topological polar surface area (TPSA) is 73.6 Å². The number of aromatic nitrogens is 2. The largest absolute Gasteiger partial charge is 0.367 e. The second-order valence-electron chi connectivity index (χ2n) is 5.23. The van der Waals surface area contributed by atoms with Gasteiger partial charge in [-0.3, -0.25) is 0 Å². The van der Waals surface area contributed by atoms with E-state index in [4.69, 9.17) is 5.26 Å². The quantitative estimate of drug-likeness (QED) is 0.896. The Morgan fingerprint density at radius 3 is 2.71 bits per heavy atom. The van der Waals surface area contributed by atoms with Crippen LogP contribution in [-0.2, 0) is 0 Å². The van der Waals surface area contributed by atoms with Crippen LogP contribution in [0.15, 0.2) is 36.7 Å². The third-order valence-corrected chi connectivity index (χ3v) is 3.64. The van der Waals surface area contributed by atoms with Crippen LogP contribution in [0.1, 0.15) is 31.2 Å². The molecule has 21 heavy (non-hydrogen) atoms. The average molecular weight is 279 g/mol. The van der Waals surface area contributed by atoms with E-state index in [1.54, 1.807) is 18.5 Å². The van der Waals surface area contributed by atoms with E-state index >= 15 is 0 Å². The molecule has 0 saturated heterocycles. The van der Waals surface area contributed by atoms with Gasteiger partial charge in [0, 0.05) is 17.8 Å². The van der Waals surface area contributed by atoms with Gasteiger partial charge in [0.15, 0.2) is 0 Å². The maximum Gasteiger partial charge on any atom is 0.135 e. The molecule has 0 radical (unpaired) electrons. The van der Waals surface area contributed by atoms with Crippen LogP contribution in [0.5, 0.6) is 0 Å². The van der Waals surface area contributed by atoms with Crippen molar-refractivity contribution in [2.24, 2.45) is 0 Å². The summed E-state index contributed by atoms with van der Waals surface area (Å²) in [7, 11) is 0. The first-order chi connectivity index (χ1) is 10.3. The van der Waals surface area contributed by atoms with Crippen LogP contribution >= 0.6 is 0 Å². The molecule has 2 aromatic rings. The van der Waals surface area contributed by atoms with E-state index in [0.717, 1.165) is 17.3 Å². The van der Waals surface area contributed by atoms with Gasteiger partial charge in [-0.25, -0.2) is 9.97 Å². The van der Waals surface area contributed by atoms with E-state index in [1.807, 2.05) is 18.2 Å². The summed E-state index contributed by atoms with van der Waals surface area (Å²) < 4.78 is 0. The van der Waals surface area contributed by atoms with Crippen LogP contribution in [0.4, 0.5) is 17.3 Å². The lowest BCUT2D eigenvalue weighted by atomic mass is 10.2. The predicted octanol–water partition coefficient (Wildman–Crippen LogP) is 3.45. The zero-order valence-electron chi connectivity index (χ0n) is 11.7. The van der Waals surface area contributed by atoms with Crippen molar-refractivity contribution >= 4 is 17.3 Å². The number of anilines is 3. The van der Waals surface area contributed by atoms with Gasteiger partial charge in [-0.15, -0.1) is 0 Å². The molecule has 5 nitrogen and oxygen atoms in total. The van der Waals surface area contributed by atoms with Gasteiger partial charge in [0.25, 0.3) is 0 Å². The van der Waals surface area contributed by atoms with Crippen molar-refractivity contribution in [3.63, 3.8) is 0 Å². The Hall–Kier alpha value is -2.61. The summed E-state index contributed by atoms with van der Waals surface area (Å²) in [6, 6.07) is 11.9. The average Bonchev–Trinajstić information content (AvgIpc) is 3.01. The lowest BCUT2D eigenvalue weighted by Gasteiger charge is -2.13. The van der Waals surface area contributed by atoms with Crippen molar-refractivity contribution in [3.05, 3.63) is 42.2 Å². The second kappa shape index (κ2) is 6.23. The molecule has 0 atom stereocenters. The molecule has 1 aromatic heterocycles. The molecule has 1 aliphatic rings. The Labute approximate surface area is 124 Å². The molecular weight excluding hydrogens is 262 g/mol. The minimum Gasteiger partial charge on any atom is -0.367 e. The number of nitriles is 1. The summed E-state index contributed by atoms with van der Waals surface area (Å²) in [4.78, 5) is 8.48. The van der Waals surface area contributed by atoms with Crippen molar-refractivity contribution in [2.45, 2.75) is 31.7 Å². The van der Waals surface area contributed by atoms with Crippen molar-refractivity contribution in [1.29, 1.82) is 5.26 Å². The molecule has 1 fully saturated rings. The molecule has 1 aliphatic carbocycles. The van der Waals surface area contributed by atoms with E-state index in [2.05, 4.69) is 26.7 Å². The van der Waals surface area contributed by atoms with Gasteiger partial charge >= 0.3 is 0 Å². The lowest BCUT2D eigenvalue weighted by molar-refractivity contribution is 0.750. The monoisotopic (exact) mass is 279 g/mol. The Morgan fingerprint density at radius 2 is 1.90 bits per heavy atom. The second-order valence-corrected chi connectivity index (χ2v) is 5.23. The predicted molar refractivity (Wildman–Crippen MR) is 82.4 cm³/mol. The summed E-state index contributed by atoms with van der Waals surface area (Å²) in [5, 5.41) is 15.6. The highest BCUT2D eigenvalue weighted by Crippen LogP contribution is 2.23. The van der Waals surface area contributed by atoms with Gasteiger partial charge in [-0.1, -0.05) is 18.9 Å². The van der Waals surface area contributed by atoms with Gasteiger partial charge in [0.2, 0.25) is 0 Å². The minimum absolute atomic E-state index is 0.523. The van der Waals surface area contributed by atoms with Crippen molar-refractivity contribution < 1.29 is 0 Å². The highest BCUT2D eigenvalue weighted by Gasteiger charge is 2.15. The molecule has 0 bridgehead atoms. The minimum atomic E-state index is 0.523. The molecular formula is C16H17N5. The molecule has 106 valence electrons. The van der Waals surface area contributed by atoms with Crippen molar-refractivity contribution in [2.75, 3.05) is 10.6 Å². The van der Waals surface area contributed by atoms with E-state index in [-0.39, 0.29) is 0 Å². The molecule has 2 N–H and O–H groups in total. The van der Waals surface area contributed by atoms with Gasteiger partial charge < -0.3 is 10.6 Å². The fraction of sp³-hybridized carbons (Fsp3) is 0.312. The number of rotatable bonds is 4. The molecule has 1 heterocycles. The number of nitrogens with zero attached hydrogens (tertiary/aromatic N) is 3. The maximum atomic E-state index is 8.92. The number of benzene rings is 1.